The molecule has 2 heterocycles. The third-order valence-corrected chi connectivity index (χ3v) is 6.14. The van der Waals surface area contributed by atoms with E-state index in [0.717, 1.165) is 51.8 Å². The second kappa shape index (κ2) is 9.22. The normalized spacial score (nSPS) is 12.5. The molecule has 0 bridgehead atoms. The number of anilines is 2. The molecular weight excluding hydrogens is 410 g/mol. The van der Waals surface area contributed by atoms with E-state index in [1.807, 2.05) is 54.8 Å². The molecule has 1 aliphatic heterocycles. The van der Waals surface area contributed by atoms with Crippen molar-refractivity contribution in [2.75, 3.05) is 31.4 Å². The second-order valence-electron chi connectivity index (χ2n) is 7.29. The fraction of sp³-hybridized carbons (Fsp3) is 0.250. The zero-order valence-corrected chi connectivity index (χ0v) is 18.6. The van der Waals surface area contributed by atoms with Crippen molar-refractivity contribution in [2.45, 2.75) is 19.8 Å². The third kappa shape index (κ3) is 4.72. The number of benzene rings is 2. The predicted molar refractivity (Wildman–Crippen MR) is 126 cm³/mol. The van der Waals surface area contributed by atoms with Gasteiger partial charge in [-0.3, -0.25) is 4.99 Å². The SMILES string of the molecule is COc1cc2c(cc1OC)C(Cc1ccc(NC(=O)Nc3ccsc3C)cc1)=NCC2. The number of amides is 2. The van der Waals surface area contributed by atoms with Crippen LogP contribution < -0.4 is 20.1 Å². The Morgan fingerprint density at radius 2 is 1.81 bits per heavy atom. The molecule has 160 valence electrons. The van der Waals surface area contributed by atoms with Gasteiger partial charge in [0.15, 0.2) is 11.5 Å². The first-order valence-electron chi connectivity index (χ1n) is 10.1. The van der Waals surface area contributed by atoms with Crippen molar-refractivity contribution in [1.29, 1.82) is 0 Å². The highest BCUT2D eigenvalue weighted by Crippen LogP contribution is 2.33. The van der Waals surface area contributed by atoms with Gasteiger partial charge in [0, 0.05) is 34.8 Å². The van der Waals surface area contributed by atoms with E-state index in [4.69, 9.17) is 14.5 Å². The summed E-state index contributed by atoms with van der Waals surface area (Å²) in [4.78, 5) is 18.1. The summed E-state index contributed by atoms with van der Waals surface area (Å²) in [6.45, 7) is 2.74. The van der Waals surface area contributed by atoms with Gasteiger partial charge >= 0.3 is 6.03 Å². The van der Waals surface area contributed by atoms with Crippen molar-refractivity contribution in [1.82, 2.24) is 0 Å². The first-order valence-corrected chi connectivity index (χ1v) is 10.9. The molecule has 0 aliphatic carbocycles. The van der Waals surface area contributed by atoms with Crippen LogP contribution in [0.2, 0.25) is 0 Å². The van der Waals surface area contributed by atoms with Crippen LogP contribution in [0.1, 0.15) is 21.6 Å². The number of rotatable bonds is 6. The summed E-state index contributed by atoms with van der Waals surface area (Å²) in [6.07, 6.45) is 1.60. The van der Waals surface area contributed by atoms with Crippen molar-refractivity contribution < 1.29 is 14.3 Å². The maximum absolute atomic E-state index is 12.2. The molecule has 3 aromatic rings. The summed E-state index contributed by atoms with van der Waals surface area (Å²) in [5.74, 6) is 1.45. The van der Waals surface area contributed by atoms with Crippen LogP contribution in [0.25, 0.3) is 0 Å². The number of thiophene rings is 1. The average molecular weight is 436 g/mol. The van der Waals surface area contributed by atoms with Gasteiger partial charge in [-0.1, -0.05) is 12.1 Å². The second-order valence-corrected chi connectivity index (χ2v) is 8.41. The average Bonchev–Trinajstić information content (AvgIpc) is 3.18. The quantitative estimate of drug-likeness (QED) is 0.551. The van der Waals surface area contributed by atoms with E-state index < -0.39 is 0 Å². The molecule has 2 amide bonds. The first-order chi connectivity index (χ1) is 15.1. The lowest BCUT2D eigenvalue weighted by molar-refractivity contribution is 0.262. The number of aryl methyl sites for hydroxylation is 1. The topological polar surface area (TPSA) is 72.0 Å². The van der Waals surface area contributed by atoms with Crippen molar-refractivity contribution in [2.24, 2.45) is 4.99 Å². The minimum atomic E-state index is -0.249. The Labute approximate surface area is 185 Å². The Balaban J connectivity index is 1.44. The fourth-order valence-corrected chi connectivity index (χ4v) is 4.30. The lowest BCUT2D eigenvalue weighted by Crippen LogP contribution is -2.19. The number of ether oxygens (including phenoxy) is 2. The molecule has 0 radical (unpaired) electrons. The Hall–Kier alpha value is -3.32. The monoisotopic (exact) mass is 435 g/mol. The van der Waals surface area contributed by atoms with Gasteiger partial charge in [-0.25, -0.2) is 4.79 Å². The summed E-state index contributed by atoms with van der Waals surface area (Å²) in [6, 6.07) is 13.6. The van der Waals surface area contributed by atoms with Gasteiger partial charge in [-0.2, -0.15) is 0 Å². The van der Waals surface area contributed by atoms with Crippen LogP contribution in [0.3, 0.4) is 0 Å². The summed E-state index contributed by atoms with van der Waals surface area (Å²) < 4.78 is 10.9. The van der Waals surface area contributed by atoms with Gasteiger partial charge in [0.1, 0.15) is 0 Å². The minimum Gasteiger partial charge on any atom is -0.493 e. The highest BCUT2D eigenvalue weighted by molar-refractivity contribution is 7.10. The molecular formula is C24H25N3O3S. The largest absolute Gasteiger partial charge is 0.493 e. The predicted octanol–water partition coefficient (Wildman–Crippen LogP) is 5.31. The zero-order valence-electron chi connectivity index (χ0n) is 17.8. The highest BCUT2D eigenvalue weighted by Gasteiger charge is 2.18. The number of hydrogen-bond donors (Lipinski definition) is 2. The number of aliphatic imine (C=N–C) groups is 1. The van der Waals surface area contributed by atoms with Gasteiger partial charge in [-0.15, -0.1) is 11.3 Å². The first kappa shape index (κ1) is 20.9. The molecule has 0 saturated heterocycles. The molecule has 0 spiro atoms. The molecule has 1 aromatic heterocycles. The molecule has 4 rings (SSSR count). The number of nitrogens with zero attached hydrogens (tertiary/aromatic N) is 1. The van der Waals surface area contributed by atoms with Crippen LogP contribution >= 0.6 is 11.3 Å². The Morgan fingerprint density at radius 1 is 1.06 bits per heavy atom. The van der Waals surface area contributed by atoms with Gasteiger partial charge in [0.05, 0.1) is 19.9 Å². The highest BCUT2D eigenvalue weighted by atomic mass is 32.1. The number of nitrogens with one attached hydrogen (secondary N) is 2. The Kier molecular flexibility index (Phi) is 6.23. The van der Waals surface area contributed by atoms with Gasteiger partial charge < -0.3 is 20.1 Å². The van der Waals surface area contributed by atoms with Crippen LogP contribution in [0, 0.1) is 6.92 Å². The number of methoxy groups -OCH3 is 2. The van der Waals surface area contributed by atoms with Gasteiger partial charge in [0.25, 0.3) is 0 Å². The summed E-state index contributed by atoms with van der Waals surface area (Å²) in [5.41, 5.74) is 6.07. The van der Waals surface area contributed by atoms with Gasteiger partial charge in [0.2, 0.25) is 0 Å². The van der Waals surface area contributed by atoms with Crippen LogP contribution in [-0.2, 0) is 12.8 Å². The molecule has 6 nitrogen and oxygen atoms in total. The van der Waals surface area contributed by atoms with Crippen molar-refractivity contribution in [3.63, 3.8) is 0 Å². The molecule has 0 unspecified atom stereocenters. The molecule has 0 saturated carbocycles. The maximum Gasteiger partial charge on any atom is 0.323 e. The van der Waals surface area contributed by atoms with Crippen molar-refractivity contribution >= 4 is 34.5 Å². The van der Waals surface area contributed by atoms with Crippen molar-refractivity contribution in [3.05, 3.63) is 69.4 Å². The molecule has 0 atom stereocenters. The van der Waals surface area contributed by atoms with E-state index in [2.05, 4.69) is 10.6 Å². The fourth-order valence-electron chi connectivity index (χ4n) is 3.64. The van der Waals surface area contributed by atoms with Crippen LogP contribution in [-0.4, -0.2) is 32.5 Å². The number of fused-ring (bicyclic) bond motifs is 1. The van der Waals surface area contributed by atoms with Crippen LogP contribution in [0.15, 0.2) is 52.8 Å². The lowest BCUT2D eigenvalue weighted by Gasteiger charge is -2.20. The smallest absolute Gasteiger partial charge is 0.323 e. The molecule has 1 aliphatic rings. The Morgan fingerprint density at radius 3 is 2.48 bits per heavy atom. The maximum atomic E-state index is 12.2. The minimum absolute atomic E-state index is 0.249. The van der Waals surface area contributed by atoms with E-state index in [9.17, 15) is 4.79 Å². The van der Waals surface area contributed by atoms with E-state index in [1.54, 1.807) is 25.6 Å². The third-order valence-electron chi connectivity index (χ3n) is 5.29. The van der Waals surface area contributed by atoms with Crippen LogP contribution in [0.5, 0.6) is 11.5 Å². The lowest BCUT2D eigenvalue weighted by atomic mass is 9.93. The van der Waals surface area contributed by atoms with Gasteiger partial charge in [-0.05, 0) is 60.2 Å². The van der Waals surface area contributed by atoms with Crippen LogP contribution in [0.4, 0.5) is 16.2 Å². The standard InChI is InChI=1S/C24H25N3O3S/c1-15-20(9-11-31-15)27-24(28)26-18-6-4-16(5-7-18)12-21-19-14-23(30-3)22(29-2)13-17(19)8-10-25-21/h4-7,9,11,13-14H,8,10,12H2,1-3H3,(H2,26,27,28). The molecule has 0 fully saturated rings. The van der Waals surface area contributed by atoms with Crippen molar-refractivity contribution in [3.8, 4) is 11.5 Å². The molecule has 31 heavy (non-hydrogen) atoms. The molecule has 2 N–H and O–H groups in total. The van der Waals surface area contributed by atoms with E-state index in [1.165, 1.54) is 5.56 Å². The van der Waals surface area contributed by atoms with E-state index in [0.29, 0.717) is 12.2 Å². The summed E-state index contributed by atoms with van der Waals surface area (Å²) in [7, 11) is 3.30. The molecule has 7 heteroatoms. The number of carbonyl (C=O) groups is 1. The zero-order chi connectivity index (χ0) is 21.8. The number of carbonyl (C=O) groups excluding carboxylic acids is 1. The van der Waals surface area contributed by atoms with E-state index in [-0.39, 0.29) is 6.03 Å². The molecule has 2 aromatic carbocycles. The number of hydrogen-bond acceptors (Lipinski definition) is 5. The summed E-state index contributed by atoms with van der Waals surface area (Å²) >= 11 is 1.60. The summed E-state index contributed by atoms with van der Waals surface area (Å²) in [5, 5.41) is 7.70. The number of urea groups is 1. The Bertz CT molecular complexity index is 1120. The van der Waals surface area contributed by atoms with E-state index >= 15 is 0 Å².